The number of carbonyl (C=O) groups excluding carboxylic acids is 2. The largest absolute Gasteiger partial charge is 0.455 e. The van der Waals surface area contributed by atoms with Gasteiger partial charge in [0.2, 0.25) is 0 Å². The summed E-state index contributed by atoms with van der Waals surface area (Å²) < 4.78 is 10.9. The molecule has 1 saturated heterocycles. The minimum atomic E-state index is -0.348. The van der Waals surface area contributed by atoms with Crippen molar-refractivity contribution in [1.82, 2.24) is 4.90 Å². The number of hydrogen-bond acceptors (Lipinski definition) is 4. The van der Waals surface area contributed by atoms with E-state index in [1.807, 2.05) is 0 Å². The Labute approximate surface area is 145 Å². The second kappa shape index (κ2) is 5.73. The number of carbonyl (C=O) groups is 2. The highest BCUT2D eigenvalue weighted by atomic mass is 79.9. The topological polar surface area (TPSA) is 55.8 Å². The molecule has 5 nitrogen and oxygen atoms in total. The molecule has 0 unspecified atom stereocenters. The van der Waals surface area contributed by atoms with Gasteiger partial charge in [-0.15, -0.1) is 0 Å². The van der Waals surface area contributed by atoms with Crippen LogP contribution in [0.5, 0.6) is 0 Å². The van der Waals surface area contributed by atoms with Crippen LogP contribution in [0.3, 0.4) is 0 Å². The zero-order valence-corrected chi connectivity index (χ0v) is 15.0. The van der Waals surface area contributed by atoms with Crippen LogP contribution in [0.4, 0.5) is 0 Å². The van der Waals surface area contributed by atoms with Gasteiger partial charge in [0.05, 0.1) is 18.6 Å². The summed E-state index contributed by atoms with van der Waals surface area (Å²) in [5, 5.41) is 0. The molecule has 4 saturated carbocycles. The van der Waals surface area contributed by atoms with Crippen molar-refractivity contribution in [3.05, 3.63) is 0 Å². The van der Waals surface area contributed by atoms with Crippen LogP contribution in [0.15, 0.2) is 0 Å². The molecule has 5 aliphatic rings. The number of hydrogen-bond donors (Lipinski definition) is 0. The first-order chi connectivity index (χ1) is 11.0. The second-order valence-corrected chi connectivity index (χ2v) is 9.64. The zero-order chi connectivity index (χ0) is 16.1. The van der Waals surface area contributed by atoms with Crippen LogP contribution in [0.25, 0.3) is 0 Å². The molecule has 0 spiro atoms. The first kappa shape index (κ1) is 15.9. The maximum atomic E-state index is 12.8. The van der Waals surface area contributed by atoms with Gasteiger partial charge in [-0.2, -0.15) is 0 Å². The van der Waals surface area contributed by atoms with Gasteiger partial charge in [-0.1, -0.05) is 15.9 Å². The van der Waals surface area contributed by atoms with Gasteiger partial charge in [-0.05, 0) is 50.4 Å². The average Bonchev–Trinajstić information content (AvgIpc) is 2.50. The third-order valence-electron chi connectivity index (χ3n) is 6.11. The predicted molar refractivity (Wildman–Crippen MR) is 87.1 cm³/mol. The van der Waals surface area contributed by atoms with Crippen molar-refractivity contribution in [3.63, 3.8) is 0 Å². The molecule has 23 heavy (non-hydrogen) atoms. The molecule has 5 rings (SSSR count). The smallest absolute Gasteiger partial charge is 0.312 e. The summed E-state index contributed by atoms with van der Waals surface area (Å²) >= 11 is 3.91. The van der Waals surface area contributed by atoms with E-state index in [-0.39, 0.29) is 28.2 Å². The fraction of sp³-hybridized carbons (Fsp3) is 0.882. The highest BCUT2D eigenvalue weighted by Crippen LogP contribution is 2.64. The van der Waals surface area contributed by atoms with Gasteiger partial charge in [0.1, 0.15) is 0 Å². The highest BCUT2D eigenvalue weighted by molar-refractivity contribution is 9.10. The third-order valence-corrected chi connectivity index (χ3v) is 7.04. The van der Waals surface area contributed by atoms with Gasteiger partial charge in [-0.25, -0.2) is 0 Å². The number of alkyl halides is 1. The standard InChI is InChI=1S/C17H24BrNO4/c18-17-8-12-5-13(9-17)7-16(6-12,11-17)15(21)23-10-14(20)19-1-3-22-4-2-19/h12-13H,1-11H2/t12-,13-,16?,17?/m1/s1. The molecule has 4 bridgehead atoms. The highest BCUT2D eigenvalue weighted by Gasteiger charge is 2.60. The summed E-state index contributed by atoms with van der Waals surface area (Å²) in [5.74, 6) is 1.04. The van der Waals surface area contributed by atoms with Crippen molar-refractivity contribution in [2.75, 3.05) is 32.9 Å². The van der Waals surface area contributed by atoms with Crippen molar-refractivity contribution < 1.29 is 19.1 Å². The summed E-state index contributed by atoms with van der Waals surface area (Å²) in [6.45, 7) is 2.20. The Morgan fingerprint density at radius 3 is 2.39 bits per heavy atom. The first-order valence-corrected chi connectivity index (χ1v) is 9.49. The Balaban J connectivity index is 1.38. The van der Waals surface area contributed by atoms with E-state index >= 15 is 0 Å². The lowest BCUT2D eigenvalue weighted by atomic mass is 9.49. The lowest BCUT2D eigenvalue weighted by Gasteiger charge is -2.58. The summed E-state index contributed by atoms with van der Waals surface area (Å²) in [6, 6.07) is 0. The maximum absolute atomic E-state index is 12.8. The maximum Gasteiger partial charge on any atom is 0.312 e. The van der Waals surface area contributed by atoms with Crippen LogP contribution in [-0.2, 0) is 19.1 Å². The van der Waals surface area contributed by atoms with Gasteiger partial charge < -0.3 is 14.4 Å². The Kier molecular flexibility index (Phi) is 3.95. The Morgan fingerprint density at radius 2 is 1.78 bits per heavy atom. The summed E-state index contributed by atoms with van der Waals surface area (Å²) in [6.07, 6.45) is 6.39. The van der Waals surface area contributed by atoms with Gasteiger partial charge in [0.15, 0.2) is 6.61 Å². The fourth-order valence-electron chi connectivity index (χ4n) is 5.57. The van der Waals surface area contributed by atoms with Crippen molar-refractivity contribution in [1.29, 1.82) is 0 Å². The van der Waals surface area contributed by atoms with Crippen LogP contribution in [-0.4, -0.2) is 54.0 Å². The number of halogens is 1. The molecule has 6 heteroatoms. The predicted octanol–water partition coefficient (Wildman–Crippen LogP) is 2.12. The van der Waals surface area contributed by atoms with Gasteiger partial charge >= 0.3 is 5.97 Å². The van der Waals surface area contributed by atoms with Gasteiger partial charge in [0.25, 0.3) is 5.91 Å². The molecule has 0 aromatic heterocycles. The fourth-order valence-corrected chi connectivity index (χ4v) is 7.03. The molecular weight excluding hydrogens is 362 g/mol. The van der Waals surface area contributed by atoms with E-state index < -0.39 is 0 Å². The SMILES string of the molecule is O=C(COC(=O)C12C[C@H]3C[C@@H](CC(Br)(C3)C1)C2)N1CCOCC1. The Hall–Kier alpha value is -0.620. The monoisotopic (exact) mass is 385 g/mol. The normalized spacial score (nSPS) is 41.9. The van der Waals surface area contributed by atoms with Crippen LogP contribution in [0.1, 0.15) is 38.5 Å². The number of esters is 1. The molecule has 1 heterocycles. The van der Waals surface area contributed by atoms with Gasteiger partial charge in [-0.3, -0.25) is 9.59 Å². The molecule has 0 aromatic rings. The molecule has 2 atom stereocenters. The number of ether oxygens (including phenoxy) is 2. The molecular formula is C17H24BrNO4. The molecule has 1 aliphatic heterocycles. The molecule has 4 aliphatic carbocycles. The summed E-state index contributed by atoms with van der Waals surface area (Å²) in [7, 11) is 0. The molecule has 0 N–H and O–H groups in total. The van der Waals surface area contributed by atoms with E-state index in [4.69, 9.17) is 9.47 Å². The van der Waals surface area contributed by atoms with E-state index in [0.29, 0.717) is 38.1 Å². The molecule has 5 fully saturated rings. The molecule has 0 aromatic carbocycles. The summed E-state index contributed by atoms with van der Waals surface area (Å²) in [4.78, 5) is 26.7. The second-order valence-electron chi connectivity index (χ2n) is 7.96. The Morgan fingerprint density at radius 1 is 1.13 bits per heavy atom. The van der Waals surface area contributed by atoms with Crippen molar-refractivity contribution in [3.8, 4) is 0 Å². The van der Waals surface area contributed by atoms with Crippen molar-refractivity contribution in [2.24, 2.45) is 17.3 Å². The van der Waals surface area contributed by atoms with E-state index in [0.717, 1.165) is 19.3 Å². The Bertz CT molecular complexity index is 503. The van der Waals surface area contributed by atoms with Crippen molar-refractivity contribution >= 4 is 27.8 Å². The number of amides is 1. The molecule has 1 amide bonds. The van der Waals surface area contributed by atoms with Crippen LogP contribution < -0.4 is 0 Å². The van der Waals surface area contributed by atoms with Crippen LogP contribution >= 0.6 is 15.9 Å². The molecule has 128 valence electrons. The molecule has 0 radical (unpaired) electrons. The summed E-state index contributed by atoms with van der Waals surface area (Å²) in [5.41, 5.74) is -0.348. The van der Waals surface area contributed by atoms with Crippen molar-refractivity contribution in [2.45, 2.75) is 42.8 Å². The lowest BCUT2D eigenvalue weighted by Crippen LogP contribution is -2.56. The minimum Gasteiger partial charge on any atom is -0.455 e. The quantitative estimate of drug-likeness (QED) is 0.551. The van der Waals surface area contributed by atoms with Gasteiger partial charge in [0, 0.05) is 17.4 Å². The minimum absolute atomic E-state index is 0.0973. The average molecular weight is 386 g/mol. The number of nitrogens with zero attached hydrogens (tertiary/aromatic N) is 1. The zero-order valence-electron chi connectivity index (χ0n) is 13.4. The number of morpholine rings is 1. The lowest BCUT2D eigenvalue weighted by molar-refractivity contribution is -0.173. The van der Waals surface area contributed by atoms with Crippen LogP contribution in [0.2, 0.25) is 0 Å². The van der Waals surface area contributed by atoms with Crippen LogP contribution in [0, 0.1) is 17.3 Å². The first-order valence-electron chi connectivity index (χ1n) is 8.70. The van der Waals surface area contributed by atoms with E-state index in [9.17, 15) is 9.59 Å². The van der Waals surface area contributed by atoms with E-state index in [1.54, 1.807) is 4.90 Å². The van der Waals surface area contributed by atoms with E-state index in [2.05, 4.69) is 15.9 Å². The number of rotatable bonds is 3. The third kappa shape index (κ3) is 2.93. The van der Waals surface area contributed by atoms with E-state index in [1.165, 1.54) is 19.3 Å².